The molecule has 122 valence electrons. The fraction of sp³-hybridized carbons (Fsp3) is 0.444. The van der Waals surface area contributed by atoms with Crippen LogP contribution in [0.5, 0.6) is 5.75 Å². The van der Waals surface area contributed by atoms with Gasteiger partial charge in [0.2, 0.25) is 5.91 Å². The van der Waals surface area contributed by atoms with E-state index in [2.05, 4.69) is 10.2 Å². The van der Waals surface area contributed by atoms with Gasteiger partial charge in [-0.15, -0.1) is 0 Å². The van der Waals surface area contributed by atoms with E-state index in [1.807, 2.05) is 41.3 Å². The van der Waals surface area contributed by atoms with Gasteiger partial charge in [0.1, 0.15) is 5.75 Å². The molecule has 1 saturated heterocycles. The fourth-order valence-corrected chi connectivity index (χ4v) is 3.04. The van der Waals surface area contributed by atoms with Crippen LogP contribution in [0.4, 0.5) is 0 Å². The van der Waals surface area contributed by atoms with Gasteiger partial charge in [-0.05, 0) is 37.5 Å². The summed E-state index contributed by atoms with van der Waals surface area (Å²) in [6, 6.07) is 11.7. The molecular weight excluding hydrogens is 290 g/mol. The number of nitrogens with zero attached hydrogens (tertiary/aromatic N) is 2. The normalized spacial score (nSPS) is 17.9. The number of para-hydroxylation sites is 1. The SMILES string of the molecule is O=C(CCCOc1ccccc1)N1CCC[C@@H](c2ccn[nH]2)C1. The minimum atomic E-state index is 0.228. The highest BCUT2D eigenvalue weighted by atomic mass is 16.5. The molecule has 1 aromatic carbocycles. The summed E-state index contributed by atoms with van der Waals surface area (Å²) in [6.07, 6.45) is 5.23. The lowest BCUT2D eigenvalue weighted by Gasteiger charge is -2.32. The van der Waals surface area contributed by atoms with Crippen LogP contribution < -0.4 is 4.74 Å². The van der Waals surface area contributed by atoms with Crippen molar-refractivity contribution in [2.75, 3.05) is 19.7 Å². The predicted molar refractivity (Wildman–Crippen MR) is 88.3 cm³/mol. The van der Waals surface area contributed by atoms with Crippen LogP contribution in [0, 0.1) is 0 Å². The maximum absolute atomic E-state index is 12.4. The maximum Gasteiger partial charge on any atom is 0.222 e. The smallest absolute Gasteiger partial charge is 0.222 e. The minimum absolute atomic E-state index is 0.228. The van der Waals surface area contributed by atoms with E-state index in [1.54, 1.807) is 6.20 Å². The summed E-state index contributed by atoms with van der Waals surface area (Å²) < 4.78 is 5.64. The second-order valence-electron chi connectivity index (χ2n) is 5.96. The number of carbonyl (C=O) groups excluding carboxylic acids is 1. The molecule has 2 heterocycles. The molecule has 1 aliphatic rings. The Morgan fingerprint density at radius 1 is 1.30 bits per heavy atom. The molecule has 1 aromatic heterocycles. The van der Waals surface area contributed by atoms with Crippen LogP contribution in [0.1, 0.15) is 37.3 Å². The Morgan fingerprint density at radius 2 is 2.17 bits per heavy atom. The first-order valence-electron chi connectivity index (χ1n) is 8.28. The summed E-state index contributed by atoms with van der Waals surface area (Å²) in [7, 11) is 0. The second-order valence-corrected chi connectivity index (χ2v) is 5.96. The largest absolute Gasteiger partial charge is 0.494 e. The van der Waals surface area contributed by atoms with Gasteiger partial charge in [0.05, 0.1) is 6.61 Å². The van der Waals surface area contributed by atoms with Crippen molar-refractivity contribution in [2.24, 2.45) is 0 Å². The number of hydrogen-bond donors (Lipinski definition) is 1. The van der Waals surface area contributed by atoms with Crippen molar-refractivity contribution >= 4 is 5.91 Å². The molecule has 1 aliphatic heterocycles. The molecule has 0 bridgehead atoms. The number of benzene rings is 1. The molecular formula is C18H23N3O2. The Morgan fingerprint density at radius 3 is 2.96 bits per heavy atom. The summed E-state index contributed by atoms with van der Waals surface area (Å²) in [5.74, 6) is 1.47. The van der Waals surface area contributed by atoms with Gasteiger partial charge in [-0.25, -0.2) is 0 Å². The second kappa shape index (κ2) is 7.81. The summed E-state index contributed by atoms with van der Waals surface area (Å²) in [5, 5.41) is 7.04. The third kappa shape index (κ3) is 4.34. The highest BCUT2D eigenvalue weighted by molar-refractivity contribution is 5.76. The summed E-state index contributed by atoms with van der Waals surface area (Å²) in [5.41, 5.74) is 1.13. The molecule has 3 rings (SSSR count). The highest BCUT2D eigenvalue weighted by Gasteiger charge is 2.25. The lowest BCUT2D eigenvalue weighted by Crippen LogP contribution is -2.39. The average molecular weight is 313 g/mol. The van der Waals surface area contributed by atoms with Crippen LogP contribution in [0.15, 0.2) is 42.6 Å². The number of nitrogens with one attached hydrogen (secondary N) is 1. The molecule has 1 fully saturated rings. The zero-order valence-electron chi connectivity index (χ0n) is 13.3. The van der Waals surface area contributed by atoms with E-state index in [0.29, 0.717) is 18.9 Å². The molecule has 2 aromatic rings. The van der Waals surface area contributed by atoms with Crippen LogP contribution in [-0.4, -0.2) is 40.7 Å². The molecule has 23 heavy (non-hydrogen) atoms. The van der Waals surface area contributed by atoms with E-state index in [0.717, 1.165) is 43.8 Å². The number of rotatable bonds is 6. The van der Waals surface area contributed by atoms with E-state index in [4.69, 9.17) is 4.74 Å². The topological polar surface area (TPSA) is 58.2 Å². The first kappa shape index (κ1) is 15.6. The molecule has 0 aliphatic carbocycles. The Balaban J connectivity index is 1.41. The van der Waals surface area contributed by atoms with Gasteiger partial charge in [0.25, 0.3) is 0 Å². The molecule has 0 spiro atoms. The molecule has 0 radical (unpaired) electrons. The number of aromatic amines is 1. The molecule has 5 nitrogen and oxygen atoms in total. The number of likely N-dealkylation sites (tertiary alicyclic amines) is 1. The molecule has 0 saturated carbocycles. The van der Waals surface area contributed by atoms with Gasteiger partial charge >= 0.3 is 0 Å². The zero-order chi connectivity index (χ0) is 15.9. The van der Waals surface area contributed by atoms with Crippen molar-refractivity contribution < 1.29 is 9.53 Å². The van der Waals surface area contributed by atoms with E-state index in [9.17, 15) is 4.79 Å². The van der Waals surface area contributed by atoms with Crippen molar-refractivity contribution in [2.45, 2.75) is 31.6 Å². The Labute approximate surface area is 136 Å². The maximum atomic E-state index is 12.4. The van der Waals surface area contributed by atoms with Crippen molar-refractivity contribution in [1.82, 2.24) is 15.1 Å². The van der Waals surface area contributed by atoms with Crippen molar-refractivity contribution in [3.8, 4) is 5.75 Å². The monoisotopic (exact) mass is 313 g/mol. The average Bonchev–Trinajstić information content (AvgIpc) is 3.14. The number of H-pyrrole nitrogens is 1. The molecule has 0 unspecified atom stereocenters. The van der Waals surface area contributed by atoms with Crippen molar-refractivity contribution in [3.05, 3.63) is 48.3 Å². The highest BCUT2D eigenvalue weighted by Crippen LogP contribution is 2.25. The molecule has 1 atom stereocenters. The molecule has 1 N–H and O–H groups in total. The van der Waals surface area contributed by atoms with Crippen molar-refractivity contribution in [3.63, 3.8) is 0 Å². The third-order valence-electron chi connectivity index (χ3n) is 4.28. The van der Waals surface area contributed by atoms with E-state index in [-0.39, 0.29) is 5.91 Å². The first-order chi connectivity index (χ1) is 11.3. The number of aromatic nitrogens is 2. The van der Waals surface area contributed by atoms with E-state index < -0.39 is 0 Å². The summed E-state index contributed by atoms with van der Waals surface area (Å²) in [6.45, 7) is 2.23. The van der Waals surface area contributed by atoms with Crippen LogP contribution in [-0.2, 0) is 4.79 Å². The Kier molecular flexibility index (Phi) is 5.29. The lowest BCUT2D eigenvalue weighted by molar-refractivity contribution is -0.132. The van der Waals surface area contributed by atoms with Crippen LogP contribution in [0.25, 0.3) is 0 Å². The quantitative estimate of drug-likeness (QED) is 0.834. The third-order valence-corrected chi connectivity index (χ3v) is 4.28. The summed E-state index contributed by atoms with van der Waals surface area (Å²) in [4.78, 5) is 14.4. The van der Waals surface area contributed by atoms with E-state index >= 15 is 0 Å². The fourth-order valence-electron chi connectivity index (χ4n) is 3.04. The number of carbonyl (C=O) groups is 1. The Bertz CT molecular complexity index is 598. The number of amides is 1. The van der Waals surface area contributed by atoms with Gasteiger partial charge in [-0.3, -0.25) is 9.89 Å². The summed E-state index contributed by atoms with van der Waals surface area (Å²) >= 11 is 0. The first-order valence-corrected chi connectivity index (χ1v) is 8.28. The van der Waals surface area contributed by atoms with Gasteiger partial charge in [-0.2, -0.15) is 5.10 Å². The Hall–Kier alpha value is -2.30. The predicted octanol–water partition coefficient (Wildman–Crippen LogP) is 2.97. The van der Waals surface area contributed by atoms with Gasteiger partial charge in [-0.1, -0.05) is 18.2 Å². The number of ether oxygens (including phenoxy) is 1. The van der Waals surface area contributed by atoms with Gasteiger partial charge < -0.3 is 9.64 Å². The van der Waals surface area contributed by atoms with Gasteiger partial charge in [0.15, 0.2) is 0 Å². The lowest BCUT2D eigenvalue weighted by atomic mass is 9.94. The number of hydrogen-bond acceptors (Lipinski definition) is 3. The molecule has 5 heteroatoms. The zero-order valence-corrected chi connectivity index (χ0v) is 13.3. The van der Waals surface area contributed by atoms with E-state index in [1.165, 1.54) is 0 Å². The number of piperidine rings is 1. The standard InChI is InChI=1S/C18H23N3O2/c22-18(9-5-13-23-16-7-2-1-3-8-16)21-12-4-6-15(14-21)17-10-11-19-20-17/h1-3,7-8,10-11,15H,4-6,9,12-14H2,(H,19,20)/t15-/m1/s1. The van der Waals surface area contributed by atoms with Gasteiger partial charge in [0, 0.05) is 37.3 Å². The molecule has 1 amide bonds. The van der Waals surface area contributed by atoms with Crippen LogP contribution in [0.3, 0.4) is 0 Å². The van der Waals surface area contributed by atoms with Crippen LogP contribution >= 0.6 is 0 Å². The van der Waals surface area contributed by atoms with Crippen LogP contribution in [0.2, 0.25) is 0 Å². The minimum Gasteiger partial charge on any atom is -0.494 e. The van der Waals surface area contributed by atoms with Crippen molar-refractivity contribution in [1.29, 1.82) is 0 Å².